The zero-order valence-corrected chi connectivity index (χ0v) is 20.0. The zero-order chi connectivity index (χ0) is 24.2. The first-order valence-corrected chi connectivity index (χ1v) is 12.0. The van der Waals surface area contributed by atoms with E-state index in [1.165, 1.54) is 0 Å². The lowest BCUT2D eigenvalue weighted by Crippen LogP contribution is -2.57. The average Bonchev–Trinajstić information content (AvgIpc) is 3.59. The second-order valence-electron chi connectivity index (χ2n) is 8.68. The standard InChI is InChI=1S/C24H23N5O5S/c1-28-5-3-18(26-28)15-7-16-20(8-19(15)32-2)34-9-17-21(23(30)25-11-24(31)12-33-13-24)27-29(22(16)17)14-4-6-35-10-14/h3-8,10,31H,9,11-13H2,1-2H3,(H,25,30). The fraction of sp³-hybridized carbons (Fsp3) is 0.292. The summed E-state index contributed by atoms with van der Waals surface area (Å²) in [5, 5.41) is 26.3. The molecule has 0 aliphatic carbocycles. The monoisotopic (exact) mass is 493 g/mol. The predicted octanol–water partition coefficient (Wildman–Crippen LogP) is 2.39. The summed E-state index contributed by atoms with van der Waals surface area (Å²) in [6, 6.07) is 7.68. The lowest BCUT2D eigenvalue weighted by atomic mass is 9.97. The Morgan fingerprint density at radius 3 is 2.80 bits per heavy atom. The van der Waals surface area contributed by atoms with Crippen molar-refractivity contribution in [3.8, 4) is 39.7 Å². The minimum atomic E-state index is -1.04. The molecule has 0 bridgehead atoms. The van der Waals surface area contributed by atoms with Gasteiger partial charge in [-0.15, -0.1) is 0 Å². The van der Waals surface area contributed by atoms with Gasteiger partial charge < -0.3 is 24.6 Å². The van der Waals surface area contributed by atoms with E-state index < -0.39 is 5.60 Å². The molecule has 0 spiro atoms. The fourth-order valence-corrected chi connectivity index (χ4v) is 4.94. The molecule has 35 heavy (non-hydrogen) atoms. The Morgan fingerprint density at radius 1 is 1.29 bits per heavy atom. The topological polar surface area (TPSA) is 113 Å². The van der Waals surface area contributed by atoms with Gasteiger partial charge in [0.2, 0.25) is 0 Å². The van der Waals surface area contributed by atoms with Gasteiger partial charge >= 0.3 is 0 Å². The van der Waals surface area contributed by atoms with Crippen molar-refractivity contribution >= 4 is 17.2 Å². The highest BCUT2D eigenvalue weighted by molar-refractivity contribution is 7.08. The number of fused-ring (bicyclic) bond motifs is 3. The van der Waals surface area contributed by atoms with Crippen molar-refractivity contribution in [3.63, 3.8) is 0 Å². The molecule has 180 valence electrons. The number of thiophene rings is 1. The Bertz CT molecular complexity index is 1420. The third-order valence-electron chi connectivity index (χ3n) is 6.19. The van der Waals surface area contributed by atoms with Crippen LogP contribution < -0.4 is 14.8 Å². The van der Waals surface area contributed by atoms with Crippen molar-refractivity contribution in [3.05, 3.63) is 52.5 Å². The molecule has 11 heteroatoms. The maximum atomic E-state index is 13.2. The molecule has 4 aromatic rings. The van der Waals surface area contributed by atoms with Gasteiger partial charge in [0.15, 0.2) is 5.69 Å². The van der Waals surface area contributed by atoms with E-state index in [2.05, 4.69) is 10.4 Å². The fourth-order valence-electron chi connectivity index (χ4n) is 4.32. The number of amides is 1. The van der Waals surface area contributed by atoms with Crippen LogP contribution in [0.15, 0.2) is 41.2 Å². The van der Waals surface area contributed by atoms with Crippen LogP contribution in [-0.2, 0) is 18.4 Å². The molecule has 0 saturated carbocycles. The number of ether oxygens (including phenoxy) is 3. The molecule has 0 radical (unpaired) electrons. The number of carbonyl (C=O) groups excluding carboxylic acids is 1. The van der Waals surface area contributed by atoms with Gasteiger partial charge in [0.05, 0.1) is 43.9 Å². The number of rotatable bonds is 6. The quantitative estimate of drug-likeness (QED) is 0.424. The zero-order valence-electron chi connectivity index (χ0n) is 19.1. The van der Waals surface area contributed by atoms with Crippen molar-refractivity contribution in [2.24, 2.45) is 7.05 Å². The number of benzene rings is 1. The molecule has 2 N–H and O–H groups in total. The highest BCUT2D eigenvalue weighted by Gasteiger charge is 2.37. The van der Waals surface area contributed by atoms with E-state index in [1.54, 1.807) is 27.8 Å². The molecule has 3 aromatic heterocycles. The number of carbonyl (C=O) groups is 1. The molecule has 2 aliphatic heterocycles. The number of nitrogens with zero attached hydrogens (tertiary/aromatic N) is 4. The normalized spacial score (nSPS) is 15.5. The SMILES string of the molecule is COc1cc2c(cc1-c1ccn(C)n1)-c1c(c(C(=O)NCC3(O)COC3)nn1-c1ccsc1)CO2. The number of hydrogen-bond donors (Lipinski definition) is 2. The summed E-state index contributed by atoms with van der Waals surface area (Å²) in [5.41, 5.74) is 3.87. The van der Waals surface area contributed by atoms with Crippen molar-refractivity contribution in [1.82, 2.24) is 24.9 Å². The Hall–Kier alpha value is -3.67. The summed E-state index contributed by atoms with van der Waals surface area (Å²) in [5.74, 6) is 0.904. The number of aliphatic hydroxyl groups is 1. The van der Waals surface area contributed by atoms with E-state index in [1.807, 2.05) is 48.3 Å². The van der Waals surface area contributed by atoms with Gasteiger partial charge in [0.25, 0.3) is 5.91 Å². The van der Waals surface area contributed by atoms with Gasteiger partial charge in [-0.05, 0) is 23.6 Å². The molecule has 1 fully saturated rings. The second-order valence-corrected chi connectivity index (χ2v) is 9.46. The minimum Gasteiger partial charge on any atom is -0.496 e. The van der Waals surface area contributed by atoms with Crippen LogP contribution in [0.25, 0.3) is 28.2 Å². The summed E-state index contributed by atoms with van der Waals surface area (Å²) < 4.78 is 20.3. The second kappa shape index (κ2) is 8.22. The van der Waals surface area contributed by atoms with E-state index in [0.29, 0.717) is 17.1 Å². The molecule has 1 saturated heterocycles. The van der Waals surface area contributed by atoms with Crippen LogP contribution in [0.1, 0.15) is 16.1 Å². The number of methoxy groups -OCH3 is 1. The predicted molar refractivity (Wildman–Crippen MR) is 128 cm³/mol. The van der Waals surface area contributed by atoms with E-state index in [9.17, 15) is 9.90 Å². The molecule has 1 aromatic carbocycles. The number of hydrogen-bond acceptors (Lipinski definition) is 8. The van der Waals surface area contributed by atoms with Crippen molar-refractivity contribution < 1.29 is 24.1 Å². The lowest BCUT2D eigenvalue weighted by Gasteiger charge is -2.36. The van der Waals surface area contributed by atoms with Crippen LogP contribution in [0.5, 0.6) is 11.5 Å². The van der Waals surface area contributed by atoms with Crippen molar-refractivity contribution in [2.45, 2.75) is 12.2 Å². The van der Waals surface area contributed by atoms with Crippen LogP contribution >= 0.6 is 11.3 Å². The average molecular weight is 494 g/mol. The molecule has 10 nitrogen and oxygen atoms in total. The van der Waals surface area contributed by atoms with Gasteiger partial charge in [-0.3, -0.25) is 9.48 Å². The van der Waals surface area contributed by atoms with E-state index >= 15 is 0 Å². The maximum absolute atomic E-state index is 13.2. The van der Waals surface area contributed by atoms with Crippen LogP contribution in [0.3, 0.4) is 0 Å². The van der Waals surface area contributed by atoms with Gasteiger partial charge in [0, 0.05) is 41.4 Å². The summed E-state index contributed by atoms with van der Waals surface area (Å²) >= 11 is 1.54. The molecule has 5 heterocycles. The summed E-state index contributed by atoms with van der Waals surface area (Å²) in [4.78, 5) is 13.2. The number of aryl methyl sites for hydroxylation is 1. The first-order chi connectivity index (χ1) is 17.0. The van der Waals surface area contributed by atoms with Crippen LogP contribution in [0.4, 0.5) is 0 Å². The molecular formula is C24H23N5O5S. The first-order valence-electron chi connectivity index (χ1n) is 11.0. The van der Waals surface area contributed by atoms with E-state index in [4.69, 9.17) is 19.3 Å². The third kappa shape index (κ3) is 3.68. The number of nitrogens with one attached hydrogen (secondary N) is 1. The summed E-state index contributed by atoms with van der Waals surface area (Å²) in [7, 11) is 3.47. The Balaban J connectivity index is 1.48. The molecule has 6 rings (SSSR count). The molecular weight excluding hydrogens is 470 g/mol. The summed E-state index contributed by atoms with van der Waals surface area (Å²) in [6.07, 6.45) is 1.87. The smallest absolute Gasteiger partial charge is 0.272 e. The van der Waals surface area contributed by atoms with E-state index in [0.717, 1.165) is 28.2 Å². The molecule has 2 aliphatic rings. The van der Waals surface area contributed by atoms with E-state index in [-0.39, 0.29) is 38.0 Å². The third-order valence-corrected chi connectivity index (χ3v) is 6.86. The van der Waals surface area contributed by atoms with Gasteiger partial charge in [-0.1, -0.05) is 0 Å². The van der Waals surface area contributed by atoms with Crippen molar-refractivity contribution in [1.29, 1.82) is 0 Å². The van der Waals surface area contributed by atoms with Gasteiger partial charge in [-0.2, -0.15) is 21.5 Å². The minimum absolute atomic E-state index is 0.0877. The highest BCUT2D eigenvalue weighted by Crippen LogP contribution is 2.45. The maximum Gasteiger partial charge on any atom is 0.272 e. The largest absolute Gasteiger partial charge is 0.496 e. The first kappa shape index (κ1) is 21.8. The molecule has 0 atom stereocenters. The molecule has 0 unspecified atom stereocenters. The molecule has 1 amide bonds. The van der Waals surface area contributed by atoms with Crippen LogP contribution in [-0.4, -0.2) is 63.0 Å². The van der Waals surface area contributed by atoms with Gasteiger partial charge in [0.1, 0.15) is 23.7 Å². The van der Waals surface area contributed by atoms with Gasteiger partial charge in [-0.25, -0.2) is 4.68 Å². The summed E-state index contributed by atoms with van der Waals surface area (Å²) in [6.45, 7) is 0.659. The lowest BCUT2D eigenvalue weighted by molar-refractivity contribution is -0.173. The Morgan fingerprint density at radius 2 is 2.14 bits per heavy atom. The van der Waals surface area contributed by atoms with Crippen LogP contribution in [0, 0.1) is 0 Å². The van der Waals surface area contributed by atoms with Crippen molar-refractivity contribution in [2.75, 3.05) is 26.9 Å². The number of aromatic nitrogens is 4. The van der Waals surface area contributed by atoms with Crippen LogP contribution in [0.2, 0.25) is 0 Å². The Kier molecular flexibility index (Phi) is 5.13. The highest BCUT2D eigenvalue weighted by atomic mass is 32.1. The Labute approximate surface area is 204 Å².